The largest absolute Gasteiger partial charge is 0.384 e. The van der Waals surface area contributed by atoms with Crippen LogP contribution in [0.15, 0.2) is 22.7 Å². The second kappa shape index (κ2) is 5.46. The van der Waals surface area contributed by atoms with Crippen molar-refractivity contribution in [3.63, 3.8) is 0 Å². The van der Waals surface area contributed by atoms with Crippen molar-refractivity contribution in [2.45, 2.75) is 6.42 Å². The van der Waals surface area contributed by atoms with Gasteiger partial charge < -0.3 is 10.1 Å². The molecule has 0 aliphatic carbocycles. The molecule has 1 atom stereocenters. The molecule has 1 unspecified atom stereocenters. The molecule has 0 saturated carbocycles. The molecule has 1 aromatic carbocycles. The molecular weight excluding hydrogens is 288 g/mol. The molecule has 1 saturated heterocycles. The maximum Gasteiger partial charge on any atom is 0.271 e. The standard InChI is InChI=1S/C11H13BrN2O3/c12-10-2-1-9(14(15)16)5-11(10)13-6-8-3-4-17-7-8/h1-2,5,8,13H,3-4,6-7H2. The number of nitrogens with one attached hydrogen (secondary N) is 1. The van der Waals surface area contributed by atoms with Gasteiger partial charge in [-0.1, -0.05) is 0 Å². The number of hydrogen-bond donors (Lipinski definition) is 1. The highest BCUT2D eigenvalue weighted by Crippen LogP contribution is 2.27. The van der Waals surface area contributed by atoms with Crippen molar-refractivity contribution in [1.82, 2.24) is 0 Å². The molecule has 0 aromatic heterocycles. The van der Waals surface area contributed by atoms with Crippen LogP contribution in [0.4, 0.5) is 11.4 Å². The maximum absolute atomic E-state index is 10.7. The monoisotopic (exact) mass is 300 g/mol. The molecule has 1 N–H and O–H groups in total. The van der Waals surface area contributed by atoms with Crippen molar-refractivity contribution in [1.29, 1.82) is 0 Å². The smallest absolute Gasteiger partial charge is 0.271 e. The third-order valence-electron chi connectivity index (χ3n) is 2.77. The van der Waals surface area contributed by atoms with E-state index in [1.807, 2.05) is 0 Å². The topological polar surface area (TPSA) is 64.4 Å². The summed E-state index contributed by atoms with van der Waals surface area (Å²) in [6, 6.07) is 4.71. The lowest BCUT2D eigenvalue weighted by Gasteiger charge is -2.11. The summed E-state index contributed by atoms with van der Waals surface area (Å²) in [6.07, 6.45) is 1.04. The summed E-state index contributed by atoms with van der Waals surface area (Å²) in [5.74, 6) is 0.487. The highest BCUT2D eigenvalue weighted by atomic mass is 79.9. The predicted molar refractivity (Wildman–Crippen MR) is 68.2 cm³/mol. The Hall–Kier alpha value is -1.14. The van der Waals surface area contributed by atoms with E-state index in [-0.39, 0.29) is 5.69 Å². The molecule has 17 heavy (non-hydrogen) atoms. The van der Waals surface area contributed by atoms with Gasteiger partial charge in [0.05, 0.1) is 17.2 Å². The fourth-order valence-corrected chi connectivity index (χ4v) is 2.15. The van der Waals surface area contributed by atoms with Crippen LogP contribution in [0.5, 0.6) is 0 Å². The summed E-state index contributed by atoms with van der Waals surface area (Å²) in [5, 5.41) is 13.9. The van der Waals surface area contributed by atoms with Gasteiger partial charge in [0.25, 0.3) is 5.69 Å². The van der Waals surface area contributed by atoms with Crippen LogP contribution in [0.1, 0.15) is 6.42 Å². The summed E-state index contributed by atoms with van der Waals surface area (Å²) < 4.78 is 6.11. The van der Waals surface area contributed by atoms with Gasteiger partial charge in [0.2, 0.25) is 0 Å². The molecule has 5 nitrogen and oxygen atoms in total. The third-order valence-corrected chi connectivity index (χ3v) is 3.46. The number of ether oxygens (including phenoxy) is 1. The highest BCUT2D eigenvalue weighted by molar-refractivity contribution is 9.10. The fourth-order valence-electron chi connectivity index (χ4n) is 1.76. The van der Waals surface area contributed by atoms with Crippen LogP contribution in [0.25, 0.3) is 0 Å². The van der Waals surface area contributed by atoms with E-state index in [9.17, 15) is 10.1 Å². The molecular formula is C11H13BrN2O3. The zero-order valence-electron chi connectivity index (χ0n) is 9.19. The number of nitrogens with zero attached hydrogens (tertiary/aromatic N) is 1. The van der Waals surface area contributed by atoms with Crippen molar-refractivity contribution in [3.05, 3.63) is 32.8 Å². The number of benzene rings is 1. The van der Waals surface area contributed by atoms with Crippen LogP contribution in [-0.2, 0) is 4.74 Å². The molecule has 0 bridgehead atoms. The number of halogens is 1. The Kier molecular flexibility index (Phi) is 3.96. The van der Waals surface area contributed by atoms with Crippen LogP contribution < -0.4 is 5.32 Å². The molecule has 1 heterocycles. The molecule has 1 aromatic rings. The second-order valence-corrected chi connectivity index (χ2v) is 4.89. The van der Waals surface area contributed by atoms with E-state index in [4.69, 9.17) is 4.74 Å². The minimum absolute atomic E-state index is 0.0957. The number of hydrogen-bond acceptors (Lipinski definition) is 4. The van der Waals surface area contributed by atoms with Gasteiger partial charge in [-0.25, -0.2) is 0 Å². The first kappa shape index (κ1) is 12.3. The van der Waals surface area contributed by atoms with E-state index in [0.717, 1.165) is 36.3 Å². The van der Waals surface area contributed by atoms with Crippen LogP contribution >= 0.6 is 15.9 Å². The second-order valence-electron chi connectivity index (χ2n) is 4.03. The van der Waals surface area contributed by atoms with E-state index < -0.39 is 4.92 Å². The zero-order valence-corrected chi connectivity index (χ0v) is 10.8. The van der Waals surface area contributed by atoms with Crippen molar-refractivity contribution in [2.75, 3.05) is 25.1 Å². The molecule has 92 valence electrons. The Labute approximate surface area is 107 Å². The quantitative estimate of drug-likeness (QED) is 0.686. The van der Waals surface area contributed by atoms with E-state index >= 15 is 0 Å². The van der Waals surface area contributed by atoms with Crippen LogP contribution in [-0.4, -0.2) is 24.7 Å². The molecule has 0 amide bonds. The van der Waals surface area contributed by atoms with Gasteiger partial charge in [-0.2, -0.15) is 0 Å². The summed E-state index contributed by atoms with van der Waals surface area (Å²) in [6.45, 7) is 2.35. The Morgan fingerprint density at radius 1 is 1.59 bits per heavy atom. The van der Waals surface area contributed by atoms with Gasteiger partial charge in [0.15, 0.2) is 0 Å². The predicted octanol–water partition coefficient (Wildman–Crippen LogP) is 2.81. The lowest BCUT2D eigenvalue weighted by atomic mass is 10.1. The van der Waals surface area contributed by atoms with E-state index in [2.05, 4.69) is 21.2 Å². The molecule has 0 radical (unpaired) electrons. The van der Waals surface area contributed by atoms with Gasteiger partial charge in [0.1, 0.15) is 0 Å². The highest BCUT2D eigenvalue weighted by Gasteiger charge is 2.16. The Balaban J connectivity index is 2.03. The van der Waals surface area contributed by atoms with E-state index in [1.165, 1.54) is 6.07 Å². The Bertz CT molecular complexity index is 419. The van der Waals surface area contributed by atoms with Gasteiger partial charge in [-0.15, -0.1) is 0 Å². The number of non-ortho nitro benzene ring substituents is 1. The van der Waals surface area contributed by atoms with Crippen molar-refractivity contribution < 1.29 is 9.66 Å². The van der Waals surface area contributed by atoms with Crippen LogP contribution in [0, 0.1) is 16.0 Å². The van der Waals surface area contributed by atoms with Gasteiger partial charge in [0, 0.05) is 35.7 Å². The molecule has 2 rings (SSSR count). The Morgan fingerprint density at radius 3 is 3.06 bits per heavy atom. The molecule has 0 spiro atoms. The van der Waals surface area contributed by atoms with Crippen molar-refractivity contribution in [3.8, 4) is 0 Å². The first-order valence-electron chi connectivity index (χ1n) is 5.42. The minimum Gasteiger partial charge on any atom is -0.384 e. The molecule has 1 aliphatic heterocycles. The van der Waals surface area contributed by atoms with Crippen molar-refractivity contribution >= 4 is 27.3 Å². The number of anilines is 1. The first-order valence-corrected chi connectivity index (χ1v) is 6.21. The lowest BCUT2D eigenvalue weighted by Crippen LogP contribution is -2.14. The molecule has 1 aliphatic rings. The fraction of sp³-hybridized carbons (Fsp3) is 0.455. The summed E-state index contributed by atoms with van der Waals surface area (Å²) in [5.41, 5.74) is 0.851. The summed E-state index contributed by atoms with van der Waals surface area (Å²) in [7, 11) is 0. The van der Waals surface area contributed by atoms with E-state index in [0.29, 0.717) is 5.92 Å². The van der Waals surface area contributed by atoms with E-state index in [1.54, 1.807) is 12.1 Å². The third kappa shape index (κ3) is 3.17. The first-order chi connectivity index (χ1) is 8.16. The SMILES string of the molecule is O=[N+]([O-])c1ccc(Br)c(NCC2CCOC2)c1. The van der Waals surface area contributed by atoms with Gasteiger partial charge in [-0.05, 0) is 28.4 Å². The van der Waals surface area contributed by atoms with Crippen LogP contribution in [0.3, 0.4) is 0 Å². The Morgan fingerprint density at radius 2 is 2.41 bits per heavy atom. The molecule has 6 heteroatoms. The molecule has 1 fully saturated rings. The number of nitro groups is 1. The lowest BCUT2D eigenvalue weighted by molar-refractivity contribution is -0.384. The van der Waals surface area contributed by atoms with Gasteiger partial charge >= 0.3 is 0 Å². The normalized spacial score (nSPS) is 19.2. The number of nitro benzene ring substituents is 1. The van der Waals surface area contributed by atoms with Crippen molar-refractivity contribution in [2.24, 2.45) is 5.92 Å². The zero-order chi connectivity index (χ0) is 12.3. The average Bonchev–Trinajstić information content (AvgIpc) is 2.80. The average molecular weight is 301 g/mol. The van der Waals surface area contributed by atoms with Gasteiger partial charge in [-0.3, -0.25) is 10.1 Å². The summed E-state index contributed by atoms with van der Waals surface area (Å²) >= 11 is 3.37. The van der Waals surface area contributed by atoms with Crippen LogP contribution in [0.2, 0.25) is 0 Å². The minimum atomic E-state index is -0.393. The maximum atomic E-state index is 10.7. The summed E-state index contributed by atoms with van der Waals surface area (Å²) in [4.78, 5) is 10.3. The number of rotatable bonds is 4.